The van der Waals surface area contributed by atoms with Gasteiger partial charge >= 0.3 is 6.36 Å². The number of ether oxygens (including phenoxy) is 1. The lowest BCUT2D eigenvalue weighted by molar-refractivity contribution is -0.274. The Morgan fingerprint density at radius 3 is 2.73 bits per heavy atom. The van der Waals surface area contributed by atoms with Crippen LogP contribution in [0.25, 0.3) is 10.2 Å². The standard InChI is InChI=1S/C21H16F3N5O3S/c22-21(23,24)32-15-4-5-16-17(11-15)33-20(27-16)28-19(31)13-2-1-3-14(10-13)26-18(30)6-8-29-9-7-25-12-29/h1-5,7,9-12H,6,8H2,(H,26,30)(H,27,28,31). The van der Waals surface area contributed by atoms with Gasteiger partial charge in [0.15, 0.2) is 5.13 Å². The fourth-order valence-electron chi connectivity index (χ4n) is 2.94. The number of amides is 2. The summed E-state index contributed by atoms with van der Waals surface area (Å²) in [6, 6.07) is 10.1. The van der Waals surface area contributed by atoms with Crippen LogP contribution in [0.4, 0.5) is 24.0 Å². The van der Waals surface area contributed by atoms with E-state index >= 15 is 0 Å². The molecule has 12 heteroatoms. The van der Waals surface area contributed by atoms with Crippen LogP contribution in [0, 0.1) is 0 Å². The summed E-state index contributed by atoms with van der Waals surface area (Å²) in [5.41, 5.74) is 1.16. The van der Waals surface area contributed by atoms with Crippen LogP contribution in [0.3, 0.4) is 0 Å². The van der Waals surface area contributed by atoms with Crippen LogP contribution in [0.2, 0.25) is 0 Å². The molecule has 2 heterocycles. The SMILES string of the molecule is O=C(CCn1ccnc1)Nc1cccc(C(=O)Nc2nc3ccc(OC(F)(F)F)cc3s2)c1. The van der Waals surface area contributed by atoms with E-state index in [1.807, 2.05) is 0 Å². The molecule has 4 rings (SSSR count). The van der Waals surface area contributed by atoms with Crippen LogP contribution in [0.15, 0.2) is 61.2 Å². The van der Waals surface area contributed by atoms with E-state index in [1.54, 1.807) is 41.5 Å². The van der Waals surface area contributed by atoms with Gasteiger partial charge in [-0.1, -0.05) is 17.4 Å². The average molecular weight is 475 g/mol. The van der Waals surface area contributed by atoms with E-state index in [1.165, 1.54) is 18.2 Å². The highest BCUT2D eigenvalue weighted by molar-refractivity contribution is 7.22. The van der Waals surface area contributed by atoms with E-state index < -0.39 is 12.3 Å². The van der Waals surface area contributed by atoms with Gasteiger partial charge in [0.05, 0.1) is 16.5 Å². The zero-order valence-electron chi connectivity index (χ0n) is 16.8. The number of anilines is 2. The molecule has 2 N–H and O–H groups in total. The van der Waals surface area contributed by atoms with E-state index in [9.17, 15) is 22.8 Å². The molecule has 8 nitrogen and oxygen atoms in total. The number of imidazole rings is 1. The second-order valence-electron chi connectivity index (χ2n) is 6.83. The van der Waals surface area contributed by atoms with Crippen LogP contribution in [-0.2, 0) is 11.3 Å². The Bertz CT molecular complexity index is 1290. The molecule has 0 aliphatic rings. The second kappa shape index (κ2) is 9.28. The molecule has 0 aliphatic heterocycles. The summed E-state index contributed by atoms with van der Waals surface area (Å²) < 4.78 is 43.3. The number of hydrogen-bond donors (Lipinski definition) is 2. The van der Waals surface area contributed by atoms with Gasteiger partial charge in [-0.05, 0) is 30.3 Å². The van der Waals surface area contributed by atoms with Gasteiger partial charge in [0, 0.05) is 42.7 Å². The number of rotatable bonds is 7. The number of halogens is 3. The normalized spacial score (nSPS) is 11.4. The van der Waals surface area contributed by atoms with Crippen molar-refractivity contribution in [1.29, 1.82) is 0 Å². The molecule has 170 valence electrons. The van der Waals surface area contributed by atoms with Gasteiger partial charge in [-0.3, -0.25) is 14.9 Å². The summed E-state index contributed by atoms with van der Waals surface area (Å²) in [5.74, 6) is -1.06. The topological polar surface area (TPSA) is 98.1 Å². The predicted molar refractivity (Wildman–Crippen MR) is 116 cm³/mol. The van der Waals surface area contributed by atoms with Gasteiger partial charge in [-0.2, -0.15) is 0 Å². The Morgan fingerprint density at radius 2 is 1.97 bits per heavy atom. The monoisotopic (exact) mass is 475 g/mol. The van der Waals surface area contributed by atoms with E-state index in [0.29, 0.717) is 22.4 Å². The third-order valence-corrected chi connectivity index (χ3v) is 5.31. The highest BCUT2D eigenvalue weighted by atomic mass is 32.1. The van der Waals surface area contributed by atoms with Gasteiger partial charge < -0.3 is 14.6 Å². The van der Waals surface area contributed by atoms with Crippen molar-refractivity contribution in [3.05, 3.63) is 66.7 Å². The highest BCUT2D eigenvalue weighted by Gasteiger charge is 2.31. The van der Waals surface area contributed by atoms with Crippen molar-refractivity contribution < 1.29 is 27.5 Å². The van der Waals surface area contributed by atoms with Crippen molar-refractivity contribution in [2.24, 2.45) is 0 Å². The first-order valence-electron chi connectivity index (χ1n) is 9.58. The smallest absolute Gasteiger partial charge is 0.406 e. The molecular formula is C21H16F3N5O3S. The molecule has 2 amide bonds. The Hall–Kier alpha value is -3.93. The molecule has 0 atom stereocenters. The number of nitrogens with one attached hydrogen (secondary N) is 2. The highest BCUT2D eigenvalue weighted by Crippen LogP contribution is 2.31. The van der Waals surface area contributed by atoms with Crippen LogP contribution < -0.4 is 15.4 Å². The maximum Gasteiger partial charge on any atom is 0.573 e. The summed E-state index contributed by atoms with van der Waals surface area (Å²) >= 11 is 1.01. The zero-order chi connectivity index (χ0) is 23.4. The third kappa shape index (κ3) is 6.07. The van der Waals surface area contributed by atoms with Gasteiger partial charge in [-0.15, -0.1) is 13.2 Å². The molecule has 0 fully saturated rings. The lowest BCUT2D eigenvalue weighted by Gasteiger charge is -2.08. The Balaban J connectivity index is 1.40. The molecule has 0 radical (unpaired) electrons. The number of carbonyl (C=O) groups is 2. The lowest BCUT2D eigenvalue weighted by atomic mass is 10.2. The Morgan fingerprint density at radius 1 is 1.12 bits per heavy atom. The number of alkyl halides is 3. The van der Waals surface area contributed by atoms with E-state index in [-0.39, 0.29) is 28.8 Å². The maximum atomic E-state index is 12.6. The number of benzene rings is 2. The fraction of sp³-hybridized carbons (Fsp3) is 0.143. The number of aromatic nitrogens is 3. The average Bonchev–Trinajstić information content (AvgIpc) is 3.40. The minimum atomic E-state index is -4.80. The molecule has 33 heavy (non-hydrogen) atoms. The molecule has 0 saturated heterocycles. The van der Waals surface area contributed by atoms with Crippen molar-refractivity contribution >= 4 is 44.2 Å². The second-order valence-corrected chi connectivity index (χ2v) is 7.86. The van der Waals surface area contributed by atoms with Crippen LogP contribution in [0.1, 0.15) is 16.8 Å². The molecule has 0 unspecified atom stereocenters. The van der Waals surface area contributed by atoms with Crippen molar-refractivity contribution in [3.8, 4) is 5.75 Å². The quantitative estimate of drug-likeness (QED) is 0.405. The number of nitrogens with zero attached hydrogens (tertiary/aromatic N) is 3. The van der Waals surface area contributed by atoms with E-state index in [0.717, 1.165) is 17.4 Å². The number of carbonyl (C=O) groups excluding carboxylic acids is 2. The first kappa shape index (κ1) is 22.3. The Kier molecular flexibility index (Phi) is 6.27. The van der Waals surface area contributed by atoms with Gasteiger partial charge in [0.1, 0.15) is 5.75 Å². The first-order chi connectivity index (χ1) is 15.7. The molecule has 0 spiro atoms. The van der Waals surface area contributed by atoms with Gasteiger partial charge in [0.25, 0.3) is 5.91 Å². The maximum absolute atomic E-state index is 12.6. The lowest BCUT2D eigenvalue weighted by Crippen LogP contribution is -2.16. The fourth-order valence-corrected chi connectivity index (χ4v) is 3.83. The van der Waals surface area contributed by atoms with E-state index in [4.69, 9.17) is 0 Å². The summed E-state index contributed by atoms with van der Waals surface area (Å²) in [7, 11) is 0. The summed E-state index contributed by atoms with van der Waals surface area (Å²) in [6.45, 7) is 0.472. The molecule has 0 aliphatic carbocycles. The van der Waals surface area contributed by atoms with Crippen LogP contribution in [0.5, 0.6) is 5.75 Å². The van der Waals surface area contributed by atoms with E-state index in [2.05, 4.69) is 25.3 Å². The van der Waals surface area contributed by atoms with Crippen molar-refractivity contribution in [2.75, 3.05) is 10.6 Å². The van der Waals surface area contributed by atoms with Crippen LogP contribution >= 0.6 is 11.3 Å². The zero-order valence-corrected chi connectivity index (χ0v) is 17.6. The van der Waals surface area contributed by atoms with Gasteiger partial charge in [0.2, 0.25) is 5.91 Å². The molecule has 4 aromatic rings. The number of thiazole rings is 1. The number of hydrogen-bond acceptors (Lipinski definition) is 6. The first-order valence-corrected chi connectivity index (χ1v) is 10.4. The van der Waals surface area contributed by atoms with Crippen molar-refractivity contribution in [1.82, 2.24) is 14.5 Å². The molecular weight excluding hydrogens is 459 g/mol. The predicted octanol–water partition coefficient (Wildman–Crippen LogP) is 4.67. The Labute approximate surface area is 189 Å². The molecule has 0 bridgehead atoms. The molecule has 2 aromatic carbocycles. The molecule has 2 aromatic heterocycles. The summed E-state index contributed by atoms with van der Waals surface area (Å²) in [6.07, 6.45) is 0.434. The summed E-state index contributed by atoms with van der Waals surface area (Å²) in [5, 5.41) is 5.58. The van der Waals surface area contributed by atoms with Crippen molar-refractivity contribution in [2.45, 2.75) is 19.3 Å². The third-order valence-electron chi connectivity index (χ3n) is 4.38. The largest absolute Gasteiger partial charge is 0.573 e. The molecule has 0 saturated carbocycles. The van der Waals surface area contributed by atoms with Gasteiger partial charge in [-0.25, -0.2) is 9.97 Å². The minimum absolute atomic E-state index is 0.217. The summed E-state index contributed by atoms with van der Waals surface area (Å²) in [4.78, 5) is 32.9. The van der Waals surface area contributed by atoms with Crippen molar-refractivity contribution in [3.63, 3.8) is 0 Å². The minimum Gasteiger partial charge on any atom is -0.406 e. The number of fused-ring (bicyclic) bond motifs is 1. The van der Waals surface area contributed by atoms with Crippen LogP contribution in [-0.4, -0.2) is 32.7 Å². The number of aryl methyl sites for hydroxylation is 1.